The number of aliphatic hydroxyl groups is 1. The first-order valence-corrected chi connectivity index (χ1v) is 14.6. The fourth-order valence-corrected chi connectivity index (χ4v) is 4.76. The summed E-state index contributed by atoms with van der Waals surface area (Å²) in [7, 11) is 1.00. The Labute approximate surface area is 273 Å². The highest BCUT2D eigenvalue weighted by molar-refractivity contribution is 5.88. The summed E-state index contributed by atoms with van der Waals surface area (Å²) >= 11 is 0. The molecule has 15 heteroatoms. The summed E-state index contributed by atoms with van der Waals surface area (Å²) in [5.41, 5.74) is 4.95. The zero-order chi connectivity index (χ0) is 36.0. The van der Waals surface area contributed by atoms with Gasteiger partial charge in [0.15, 0.2) is 6.17 Å². The molecule has 262 valence electrons. The van der Waals surface area contributed by atoms with E-state index in [2.05, 4.69) is 27.9 Å². The van der Waals surface area contributed by atoms with Crippen molar-refractivity contribution in [3.05, 3.63) is 101 Å². The van der Waals surface area contributed by atoms with Crippen LogP contribution < -0.4 is 21.1 Å². The van der Waals surface area contributed by atoms with Gasteiger partial charge in [-0.2, -0.15) is 13.2 Å². The highest BCUT2D eigenvalue weighted by Gasteiger charge is 2.46. The highest BCUT2D eigenvalue weighted by Crippen LogP contribution is 2.42. The Bertz CT molecular complexity index is 1560. The van der Waals surface area contributed by atoms with Crippen molar-refractivity contribution in [3.8, 4) is 5.75 Å². The van der Waals surface area contributed by atoms with Crippen LogP contribution in [0.15, 0.2) is 84.4 Å². The number of nitrogens with zero attached hydrogens (tertiary/aromatic N) is 1. The van der Waals surface area contributed by atoms with Crippen LogP contribution in [0.25, 0.3) is 16.6 Å². The van der Waals surface area contributed by atoms with Crippen molar-refractivity contribution in [2.75, 3.05) is 26.9 Å². The number of primary amides is 1. The molecule has 5 N–H and O–H groups in total. The minimum Gasteiger partial charge on any atom is -0.492 e. The number of alkyl halides is 6. The minimum atomic E-state index is -4.76. The lowest BCUT2D eigenvalue weighted by Crippen LogP contribution is -2.41. The standard InChI is InChI=1S/C29H24F7N3O2.C2H6.CH3NO.CH4O/c1-15(18-9-17-3-2-8-37-26(17)24(10-18)40-14-25(32)33)38-12-21(29(34,35)36)23-11-20-22(31)13-41-28(20)27(39-23)16-4-6-19(30)7-5-16;1-2;2-1-3;1-2/h2-11,21-22,25,27,38-39H,1,12-14H2;1-2H3;1H,(H2,2,3);2H,1H3. The third kappa shape index (κ3) is 10.1. The van der Waals surface area contributed by atoms with Crippen LogP contribution in [0.5, 0.6) is 5.75 Å². The first-order valence-electron chi connectivity index (χ1n) is 14.6. The van der Waals surface area contributed by atoms with E-state index in [1.54, 1.807) is 18.2 Å². The summed E-state index contributed by atoms with van der Waals surface area (Å²) in [6.07, 6.45) is -6.32. The van der Waals surface area contributed by atoms with Gasteiger partial charge in [0.2, 0.25) is 6.41 Å². The monoisotopic (exact) mass is 686 g/mol. The lowest BCUT2D eigenvalue weighted by molar-refractivity contribution is -0.163. The van der Waals surface area contributed by atoms with Crippen LogP contribution in [0.1, 0.15) is 31.0 Å². The Balaban J connectivity index is 0.00000106. The minimum absolute atomic E-state index is 0.0102. The molecule has 3 unspecified atom stereocenters. The van der Waals surface area contributed by atoms with Crippen molar-refractivity contribution in [2.45, 2.75) is 38.7 Å². The van der Waals surface area contributed by atoms with Gasteiger partial charge in [0.1, 0.15) is 48.0 Å². The predicted octanol–water partition coefficient (Wildman–Crippen LogP) is 6.34. The third-order valence-corrected chi connectivity index (χ3v) is 6.77. The van der Waals surface area contributed by atoms with Crippen LogP contribution in [0, 0.1) is 11.7 Å². The van der Waals surface area contributed by atoms with E-state index in [1.165, 1.54) is 24.4 Å². The Morgan fingerprint density at radius 1 is 1.21 bits per heavy atom. The number of halogens is 7. The fourth-order valence-electron chi connectivity index (χ4n) is 4.76. The van der Waals surface area contributed by atoms with E-state index in [4.69, 9.17) is 19.4 Å². The Morgan fingerprint density at radius 2 is 1.85 bits per heavy atom. The molecule has 0 spiro atoms. The molecule has 0 bridgehead atoms. The summed E-state index contributed by atoms with van der Waals surface area (Å²) in [6, 6.07) is 10.4. The Hall–Kier alpha value is -4.79. The first-order chi connectivity index (χ1) is 22.9. The number of allylic oxidation sites excluding steroid dienone is 1. The fraction of sp³-hybridized carbons (Fsp3) is 0.333. The van der Waals surface area contributed by atoms with Crippen molar-refractivity contribution in [1.82, 2.24) is 15.6 Å². The zero-order valence-electron chi connectivity index (χ0n) is 26.3. The van der Waals surface area contributed by atoms with Gasteiger partial charge in [0, 0.05) is 47.8 Å². The third-order valence-electron chi connectivity index (χ3n) is 6.77. The maximum Gasteiger partial charge on any atom is 0.398 e. The molecular weight excluding hydrogens is 649 g/mol. The first kappa shape index (κ1) is 39.4. The molecule has 2 aliphatic heterocycles. The van der Waals surface area contributed by atoms with Crippen molar-refractivity contribution in [2.24, 2.45) is 11.7 Å². The number of hydrogen-bond donors (Lipinski definition) is 4. The average Bonchev–Trinajstić information content (AvgIpc) is 3.45. The number of ether oxygens (including phenoxy) is 2. The summed E-state index contributed by atoms with van der Waals surface area (Å²) < 4.78 is 108. The lowest BCUT2D eigenvalue weighted by Gasteiger charge is -2.32. The van der Waals surface area contributed by atoms with Crippen LogP contribution in [0.4, 0.5) is 30.7 Å². The molecule has 3 atom stereocenters. The molecule has 48 heavy (non-hydrogen) atoms. The number of aliphatic hydroxyl groups excluding tert-OH is 1. The second-order valence-electron chi connectivity index (χ2n) is 9.67. The van der Waals surface area contributed by atoms with Crippen LogP contribution >= 0.6 is 0 Å². The number of hydrogen-bond acceptors (Lipinski definition) is 7. The van der Waals surface area contributed by atoms with Gasteiger partial charge in [0.05, 0.1) is 0 Å². The lowest BCUT2D eigenvalue weighted by atomic mass is 9.92. The van der Waals surface area contributed by atoms with E-state index in [0.29, 0.717) is 22.0 Å². The van der Waals surface area contributed by atoms with Crippen LogP contribution in [-0.4, -0.2) is 62.1 Å². The molecule has 5 rings (SSSR count). The van der Waals surface area contributed by atoms with Gasteiger partial charge < -0.3 is 30.9 Å². The predicted molar refractivity (Wildman–Crippen MR) is 168 cm³/mol. The average molecular weight is 687 g/mol. The SMILES string of the molecule is C=C(NCC(C1=CC2=C(OCC2F)C(c2ccc(F)cc2)N1)C(F)(F)F)c1cc(OCC(F)F)c2ncccc2c1.CC.CO.NC=O. The molecule has 0 fully saturated rings. The second-order valence-corrected chi connectivity index (χ2v) is 9.67. The summed E-state index contributed by atoms with van der Waals surface area (Å²) in [5, 5.41) is 13.0. The smallest absolute Gasteiger partial charge is 0.398 e. The van der Waals surface area contributed by atoms with Crippen LogP contribution in [0.3, 0.4) is 0 Å². The number of aromatic nitrogens is 1. The van der Waals surface area contributed by atoms with Gasteiger partial charge in [-0.15, -0.1) is 0 Å². The number of benzene rings is 2. The van der Waals surface area contributed by atoms with Crippen molar-refractivity contribution >= 4 is 23.0 Å². The maximum absolute atomic E-state index is 14.7. The zero-order valence-corrected chi connectivity index (χ0v) is 26.3. The van der Waals surface area contributed by atoms with Gasteiger partial charge in [-0.1, -0.05) is 38.6 Å². The Morgan fingerprint density at radius 3 is 2.46 bits per heavy atom. The molecule has 0 radical (unpaired) electrons. The molecule has 3 aromatic rings. The molecule has 1 aromatic heterocycles. The quantitative estimate of drug-likeness (QED) is 0.153. The number of carbonyl (C=O) groups is 1. The molecule has 0 aliphatic carbocycles. The molecule has 2 aliphatic rings. The van der Waals surface area contributed by atoms with E-state index in [9.17, 15) is 30.7 Å². The number of dihydropyridines is 1. The van der Waals surface area contributed by atoms with E-state index < -0.39 is 49.7 Å². The summed E-state index contributed by atoms with van der Waals surface area (Å²) in [5.74, 6) is -2.48. The molecule has 0 saturated heterocycles. The molecule has 0 saturated carbocycles. The van der Waals surface area contributed by atoms with Crippen molar-refractivity contribution < 1.29 is 50.1 Å². The van der Waals surface area contributed by atoms with Gasteiger partial charge in [-0.05, 0) is 42.0 Å². The largest absolute Gasteiger partial charge is 0.492 e. The Kier molecular flexibility index (Phi) is 15.2. The number of rotatable bonds is 9. The number of carbonyl (C=O) groups excluding carboxylic acids is 1. The second kappa shape index (κ2) is 18.5. The van der Waals surface area contributed by atoms with Gasteiger partial charge in [-0.3, -0.25) is 9.78 Å². The molecular formula is C33H37F7N4O4. The number of nitrogens with one attached hydrogen (secondary N) is 2. The van der Waals surface area contributed by atoms with Crippen LogP contribution in [0.2, 0.25) is 0 Å². The number of pyridine rings is 1. The normalized spacial score (nSPS) is 17.0. The highest BCUT2D eigenvalue weighted by atomic mass is 19.4. The van der Waals surface area contributed by atoms with Crippen molar-refractivity contribution in [1.29, 1.82) is 0 Å². The maximum atomic E-state index is 14.7. The summed E-state index contributed by atoms with van der Waals surface area (Å²) in [4.78, 5) is 12.7. The number of fused-ring (bicyclic) bond motifs is 1. The van der Waals surface area contributed by atoms with Gasteiger partial charge in [-0.25, -0.2) is 17.6 Å². The number of amides is 1. The molecule has 2 aromatic carbocycles. The van der Waals surface area contributed by atoms with Gasteiger partial charge in [0.25, 0.3) is 6.43 Å². The molecule has 3 heterocycles. The van der Waals surface area contributed by atoms with Crippen LogP contribution in [-0.2, 0) is 9.53 Å². The van der Waals surface area contributed by atoms with E-state index in [1.807, 2.05) is 13.8 Å². The van der Waals surface area contributed by atoms with Gasteiger partial charge >= 0.3 is 6.18 Å². The van der Waals surface area contributed by atoms with Crippen molar-refractivity contribution in [3.63, 3.8) is 0 Å². The van der Waals surface area contributed by atoms with E-state index in [0.717, 1.165) is 25.3 Å². The number of nitrogens with two attached hydrogens (primary N) is 1. The van der Waals surface area contributed by atoms with E-state index >= 15 is 0 Å². The van der Waals surface area contributed by atoms with E-state index in [-0.39, 0.29) is 41.5 Å². The molecule has 8 nitrogen and oxygen atoms in total. The summed E-state index contributed by atoms with van der Waals surface area (Å²) in [6.45, 7) is 5.92. The topological polar surface area (TPSA) is 119 Å². The molecule has 1 amide bonds.